The fourth-order valence-corrected chi connectivity index (χ4v) is 3.27. The van der Waals surface area contributed by atoms with Crippen LogP contribution in [0, 0.1) is 11.6 Å². The number of imidazole rings is 1. The molecule has 1 atom stereocenters. The number of fused-ring (bicyclic) bond motifs is 1. The maximum atomic E-state index is 13.7. The molecule has 4 rings (SSSR count). The van der Waals surface area contributed by atoms with Crippen LogP contribution >= 0.6 is 11.6 Å². The Balaban J connectivity index is 1.28. The Labute approximate surface area is 177 Å². The second kappa shape index (κ2) is 9.24. The van der Waals surface area contributed by atoms with Gasteiger partial charge in [-0.15, -0.1) is 11.6 Å². The molecule has 7 heteroatoms. The first-order chi connectivity index (χ1) is 14.6. The molecule has 0 aliphatic rings. The Kier molecular flexibility index (Phi) is 6.26. The van der Waals surface area contributed by atoms with Crippen molar-refractivity contribution in [3.8, 4) is 5.75 Å². The van der Waals surface area contributed by atoms with Crippen molar-refractivity contribution >= 4 is 22.6 Å². The van der Waals surface area contributed by atoms with Crippen LogP contribution in [-0.4, -0.2) is 16.6 Å². The lowest BCUT2D eigenvalue weighted by Gasteiger charge is -2.12. The molecule has 1 unspecified atom stereocenters. The maximum absolute atomic E-state index is 13.7. The lowest BCUT2D eigenvalue weighted by Crippen LogP contribution is -2.03. The fourth-order valence-electron chi connectivity index (χ4n) is 3.03. The summed E-state index contributed by atoms with van der Waals surface area (Å²) in [5.41, 5.74) is 3.94. The summed E-state index contributed by atoms with van der Waals surface area (Å²) in [6, 6.07) is 16.4. The minimum atomic E-state index is -0.502. The first-order valence-corrected chi connectivity index (χ1v) is 9.82. The number of rotatable bonds is 8. The maximum Gasteiger partial charge on any atom is 0.130 e. The number of hydrogen-bond acceptors (Lipinski definition) is 3. The molecular formula is C23H19ClF2N2O2. The van der Waals surface area contributed by atoms with E-state index in [9.17, 15) is 8.78 Å². The first kappa shape index (κ1) is 20.3. The summed E-state index contributed by atoms with van der Waals surface area (Å²) in [4.78, 5) is 7.29. The summed E-state index contributed by atoms with van der Waals surface area (Å²) in [6.07, 6.45) is 1.66. The molecule has 0 amide bonds. The first-order valence-electron chi connectivity index (χ1n) is 9.39. The predicted molar refractivity (Wildman–Crippen MR) is 111 cm³/mol. The molecule has 0 bridgehead atoms. The summed E-state index contributed by atoms with van der Waals surface area (Å²) in [5, 5.41) is -0.325. The van der Waals surface area contributed by atoms with Gasteiger partial charge in [0.2, 0.25) is 0 Å². The number of aromatic amines is 1. The molecule has 154 valence electrons. The van der Waals surface area contributed by atoms with Crippen LogP contribution in [0.25, 0.3) is 11.0 Å². The topological polar surface area (TPSA) is 47.1 Å². The van der Waals surface area contributed by atoms with E-state index in [4.69, 9.17) is 21.1 Å². The Morgan fingerprint density at radius 2 is 1.80 bits per heavy atom. The van der Waals surface area contributed by atoms with Gasteiger partial charge in [-0.05, 0) is 53.6 Å². The molecule has 0 aliphatic carbocycles. The Hall–Kier alpha value is -2.96. The van der Waals surface area contributed by atoms with Crippen LogP contribution in [0.4, 0.5) is 8.78 Å². The highest BCUT2D eigenvalue weighted by Gasteiger charge is 2.10. The van der Waals surface area contributed by atoms with Gasteiger partial charge in [0.1, 0.15) is 24.0 Å². The summed E-state index contributed by atoms with van der Waals surface area (Å²) in [5.74, 6) is -0.462. The molecule has 30 heavy (non-hydrogen) atoms. The highest BCUT2D eigenvalue weighted by atomic mass is 35.5. The second-order valence-electron chi connectivity index (χ2n) is 6.83. The van der Waals surface area contributed by atoms with E-state index in [1.165, 1.54) is 0 Å². The summed E-state index contributed by atoms with van der Waals surface area (Å²) < 4.78 is 38.2. The van der Waals surface area contributed by atoms with E-state index in [0.29, 0.717) is 19.0 Å². The molecule has 0 radical (unpaired) electrons. The van der Waals surface area contributed by atoms with Crippen LogP contribution in [0.5, 0.6) is 5.75 Å². The highest BCUT2D eigenvalue weighted by molar-refractivity contribution is 6.20. The summed E-state index contributed by atoms with van der Waals surface area (Å²) >= 11 is 6.44. The van der Waals surface area contributed by atoms with Gasteiger partial charge in [0.25, 0.3) is 0 Å². The molecule has 1 heterocycles. The van der Waals surface area contributed by atoms with Crippen LogP contribution in [0.2, 0.25) is 0 Å². The van der Waals surface area contributed by atoms with E-state index in [2.05, 4.69) is 9.97 Å². The van der Waals surface area contributed by atoms with Gasteiger partial charge in [0, 0.05) is 5.56 Å². The van der Waals surface area contributed by atoms with Crippen LogP contribution in [0.3, 0.4) is 0 Å². The molecule has 4 aromatic rings. The van der Waals surface area contributed by atoms with Crippen molar-refractivity contribution in [2.45, 2.75) is 18.6 Å². The molecule has 1 aromatic heterocycles. The van der Waals surface area contributed by atoms with Crippen LogP contribution in [0.1, 0.15) is 22.1 Å². The van der Waals surface area contributed by atoms with E-state index >= 15 is 0 Å². The van der Waals surface area contributed by atoms with Crippen molar-refractivity contribution in [3.05, 3.63) is 95.3 Å². The molecule has 0 fully saturated rings. The van der Waals surface area contributed by atoms with Crippen molar-refractivity contribution < 1.29 is 18.3 Å². The smallest absolute Gasteiger partial charge is 0.130 e. The average molecular weight is 429 g/mol. The number of aromatic nitrogens is 2. The molecule has 3 aromatic carbocycles. The second-order valence-corrected chi connectivity index (χ2v) is 7.36. The third-order valence-corrected chi connectivity index (χ3v) is 5.04. The molecule has 1 N–H and O–H groups in total. The number of nitrogens with one attached hydrogen (secondary N) is 1. The molecular weight excluding hydrogens is 410 g/mol. The lowest BCUT2D eigenvalue weighted by atomic mass is 10.1. The van der Waals surface area contributed by atoms with Crippen molar-refractivity contribution in [2.24, 2.45) is 0 Å². The van der Waals surface area contributed by atoms with Gasteiger partial charge in [0.15, 0.2) is 0 Å². The van der Waals surface area contributed by atoms with Gasteiger partial charge in [-0.2, -0.15) is 0 Å². The number of alkyl halides is 1. The quantitative estimate of drug-likeness (QED) is 0.354. The molecule has 0 saturated carbocycles. The molecule has 4 nitrogen and oxygen atoms in total. The Bertz CT molecular complexity index is 1130. The van der Waals surface area contributed by atoms with Crippen LogP contribution in [0.15, 0.2) is 67.0 Å². The number of halogens is 3. The molecule has 0 aliphatic heterocycles. The molecule has 0 saturated heterocycles. The van der Waals surface area contributed by atoms with Crippen molar-refractivity contribution in [2.75, 3.05) is 6.61 Å². The van der Waals surface area contributed by atoms with E-state index < -0.39 is 11.6 Å². The van der Waals surface area contributed by atoms with Gasteiger partial charge in [-0.25, -0.2) is 13.8 Å². The highest BCUT2D eigenvalue weighted by Crippen LogP contribution is 2.24. The third kappa shape index (κ3) is 4.96. The Morgan fingerprint density at radius 1 is 0.967 bits per heavy atom. The normalized spacial score (nSPS) is 12.2. The van der Waals surface area contributed by atoms with Gasteiger partial charge in [-0.3, -0.25) is 0 Å². The number of nitrogens with zero attached hydrogens (tertiary/aromatic N) is 1. The van der Waals surface area contributed by atoms with Gasteiger partial charge in [-0.1, -0.05) is 18.2 Å². The number of H-pyrrole nitrogens is 1. The van der Waals surface area contributed by atoms with Crippen molar-refractivity contribution in [1.82, 2.24) is 9.97 Å². The number of benzene rings is 3. The van der Waals surface area contributed by atoms with Crippen molar-refractivity contribution in [3.63, 3.8) is 0 Å². The largest absolute Gasteiger partial charge is 0.489 e. The fraction of sp³-hybridized carbons (Fsp3) is 0.174. The van der Waals surface area contributed by atoms with E-state index in [1.807, 2.05) is 30.3 Å². The monoisotopic (exact) mass is 428 g/mol. The SMILES string of the molecule is Fc1ccc(F)c(COc2ccc(C(Cl)COCc3ccc4[nH]cnc4c3)cc2)c1. The van der Waals surface area contributed by atoms with E-state index in [-0.39, 0.29) is 17.5 Å². The average Bonchev–Trinajstić information content (AvgIpc) is 3.22. The lowest BCUT2D eigenvalue weighted by molar-refractivity contribution is 0.121. The molecule has 0 spiro atoms. The van der Waals surface area contributed by atoms with Gasteiger partial charge < -0.3 is 14.5 Å². The number of ether oxygens (including phenoxy) is 2. The van der Waals surface area contributed by atoms with Gasteiger partial charge >= 0.3 is 0 Å². The minimum Gasteiger partial charge on any atom is -0.489 e. The van der Waals surface area contributed by atoms with Gasteiger partial charge in [0.05, 0.1) is 36.0 Å². The summed E-state index contributed by atoms with van der Waals surface area (Å²) in [7, 11) is 0. The third-order valence-electron chi connectivity index (χ3n) is 4.66. The predicted octanol–water partition coefficient (Wildman–Crippen LogP) is 5.92. The zero-order valence-corrected chi connectivity index (χ0v) is 16.7. The van der Waals surface area contributed by atoms with Crippen LogP contribution < -0.4 is 4.74 Å². The minimum absolute atomic E-state index is 0.0588. The zero-order chi connectivity index (χ0) is 20.9. The van der Waals surface area contributed by atoms with E-state index in [1.54, 1.807) is 18.5 Å². The number of hydrogen-bond donors (Lipinski definition) is 1. The Morgan fingerprint density at radius 3 is 2.63 bits per heavy atom. The zero-order valence-electron chi connectivity index (χ0n) is 15.9. The van der Waals surface area contributed by atoms with E-state index in [0.717, 1.165) is 40.4 Å². The summed E-state index contributed by atoms with van der Waals surface area (Å²) in [6.45, 7) is 0.720. The van der Waals surface area contributed by atoms with Crippen LogP contribution in [-0.2, 0) is 18.0 Å². The standard InChI is InChI=1S/C23H19ClF2N2O2/c24-20(13-29-11-15-1-8-22-23(9-15)28-14-27-22)16-2-5-19(6-3-16)30-12-17-10-18(25)4-7-21(17)26/h1-10,14,20H,11-13H2,(H,27,28). The van der Waals surface area contributed by atoms with Crippen molar-refractivity contribution in [1.29, 1.82) is 0 Å².